The van der Waals surface area contributed by atoms with Gasteiger partial charge in [0.25, 0.3) is 0 Å². The molecule has 1 aromatic carbocycles. The van der Waals surface area contributed by atoms with E-state index in [0.717, 1.165) is 29.9 Å². The van der Waals surface area contributed by atoms with Crippen molar-refractivity contribution in [1.29, 1.82) is 0 Å². The Morgan fingerprint density at radius 3 is 2.57 bits per heavy atom. The quantitative estimate of drug-likeness (QED) is 0.907. The van der Waals surface area contributed by atoms with E-state index in [9.17, 15) is 4.79 Å². The van der Waals surface area contributed by atoms with E-state index in [4.69, 9.17) is 5.73 Å². The van der Waals surface area contributed by atoms with Crippen LogP contribution in [0, 0.1) is 5.92 Å². The summed E-state index contributed by atoms with van der Waals surface area (Å²) < 4.78 is 1.85. The van der Waals surface area contributed by atoms with Crippen LogP contribution in [0.3, 0.4) is 0 Å². The molecule has 23 heavy (non-hydrogen) atoms. The molecule has 1 aliphatic rings. The zero-order chi connectivity index (χ0) is 16.2. The second kappa shape index (κ2) is 6.91. The smallest absolute Gasteiger partial charge is 0.241 e. The predicted molar refractivity (Wildman–Crippen MR) is 89.6 cm³/mol. The van der Waals surface area contributed by atoms with Crippen LogP contribution in [0.1, 0.15) is 32.1 Å². The Morgan fingerprint density at radius 2 is 1.96 bits per heavy atom. The van der Waals surface area contributed by atoms with Gasteiger partial charge >= 0.3 is 0 Å². The van der Waals surface area contributed by atoms with Gasteiger partial charge < -0.3 is 15.6 Å². The number of rotatable bonds is 4. The average Bonchev–Trinajstić information content (AvgIpc) is 3.01. The Balaban J connectivity index is 1.63. The number of hydrogen-bond acceptors (Lipinski definition) is 4. The largest absolute Gasteiger partial charge is 0.325 e. The summed E-state index contributed by atoms with van der Waals surface area (Å²) in [5.74, 6) is 1.01. The van der Waals surface area contributed by atoms with Crippen LogP contribution in [0.2, 0.25) is 0 Å². The van der Waals surface area contributed by atoms with Gasteiger partial charge in [0.05, 0.1) is 6.04 Å². The van der Waals surface area contributed by atoms with Gasteiger partial charge in [0.15, 0.2) is 5.82 Å². The van der Waals surface area contributed by atoms with Crippen LogP contribution < -0.4 is 11.1 Å². The van der Waals surface area contributed by atoms with Gasteiger partial charge in [0.1, 0.15) is 6.33 Å². The molecule has 122 valence electrons. The van der Waals surface area contributed by atoms with Crippen molar-refractivity contribution < 1.29 is 4.79 Å². The lowest BCUT2D eigenvalue weighted by Gasteiger charge is -2.26. The minimum absolute atomic E-state index is 0.0942. The third kappa shape index (κ3) is 3.59. The van der Waals surface area contributed by atoms with E-state index in [1.807, 2.05) is 35.9 Å². The third-order valence-corrected chi connectivity index (χ3v) is 4.58. The lowest BCUT2D eigenvalue weighted by atomic mass is 9.84. The van der Waals surface area contributed by atoms with E-state index in [0.29, 0.717) is 5.92 Å². The summed E-state index contributed by atoms with van der Waals surface area (Å²) in [5, 5.41) is 10.9. The highest BCUT2D eigenvalue weighted by atomic mass is 16.2. The molecule has 0 bridgehead atoms. The van der Waals surface area contributed by atoms with Gasteiger partial charge in [-0.2, -0.15) is 0 Å². The van der Waals surface area contributed by atoms with Gasteiger partial charge in [-0.05, 0) is 43.0 Å². The van der Waals surface area contributed by atoms with Crippen LogP contribution in [0.5, 0.6) is 0 Å². The average molecular weight is 313 g/mol. The van der Waals surface area contributed by atoms with Gasteiger partial charge in [-0.25, -0.2) is 0 Å². The van der Waals surface area contributed by atoms with Gasteiger partial charge in [0, 0.05) is 18.3 Å². The number of anilines is 1. The van der Waals surface area contributed by atoms with Crippen LogP contribution in [0.15, 0.2) is 30.6 Å². The number of hydrogen-bond donors (Lipinski definition) is 2. The molecule has 0 radical (unpaired) electrons. The Morgan fingerprint density at radius 1 is 1.26 bits per heavy atom. The first kappa shape index (κ1) is 15.7. The summed E-state index contributed by atoms with van der Waals surface area (Å²) in [7, 11) is 1.90. The molecule has 3 N–H and O–H groups in total. The highest BCUT2D eigenvalue weighted by molar-refractivity contribution is 5.95. The molecular formula is C17H23N5O. The summed E-state index contributed by atoms with van der Waals surface area (Å²) in [6.07, 6.45) is 7.39. The van der Waals surface area contributed by atoms with Crippen molar-refractivity contribution in [2.45, 2.75) is 38.1 Å². The lowest BCUT2D eigenvalue weighted by molar-refractivity contribution is -0.118. The van der Waals surface area contributed by atoms with Crippen molar-refractivity contribution in [2.75, 3.05) is 5.32 Å². The van der Waals surface area contributed by atoms with Crippen LogP contribution in [-0.4, -0.2) is 26.7 Å². The minimum Gasteiger partial charge on any atom is -0.325 e. The summed E-state index contributed by atoms with van der Waals surface area (Å²) in [4.78, 5) is 12.3. The Kier molecular flexibility index (Phi) is 4.71. The first-order valence-electron chi connectivity index (χ1n) is 8.16. The van der Waals surface area contributed by atoms with Crippen molar-refractivity contribution in [3.05, 3.63) is 30.6 Å². The van der Waals surface area contributed by atoms with Crippen molar-refractivity contribution >= 4 is 11.6 Å². The predicted octanol–water partition coefficient (Wildman–Crippen LogP) is 2.33. The van der Waals surface area contributed by atoms with Crippen LogP contribution >= 0.6 is 0 Å². The molecule has 1 atom stereocenters. The number of amides is 1. The molecule has 1 aromatic heterocycles. The number of aromatic nitrogens is 3. The standard InChI is InChI=1S/C17H23N5O/c1-22-11-19-21-16(22)13-7-9-14(10-8-13)20-17(23)15(18)12-5-3-2-4-6-12/h7-12,15H,2-6,18H2,1H3,(H,20,23)/t15-/m0/s1. The molecule has 1 amide bonds. The molecule has 6 heteroatoms. The molecule has 3 rings (SSSR count). The van der Waals surface area contributed by atoms with Gasteiger partial charge in [-0.15, -0.1) is 10.2 Å². The number of nitrogens with zero attached hydrogens (tertiary/aromatic N) is 3. The Labute approximate surface area is 136 Å². The second-order valence-electron chi connectivity index (χ2n) is 6.26. The molecule has 0 unspecified atom stereocenters. The van der Waals surface area contributed by atoms with Crippen molar-refractivity contribution in [3.8, 4) is 11.4 Å². The number of benzene rings is 1. The lowest BCUT2D eigenvalue weighted by Crippen LogP contribution is -2.42. The van der Waals surface area contributed by atoms with Crippen LogP contribution in [-0.2, 0) is 11.8 Å². The number of nitrogens with one attached hydrogen (secondary N) is 1. The molecular weight excluding hydrogens is 290 g/mol. The summed E-state index contributed by atoms with van der Waals surface area (Å²) in [6, 6.07) is 7.16. The topological polar surface area (TPSA) is 85.8 Å². The van der Waals surface area contributed by atoms with E-state index in [-0.39, 0.29) is 5.91 Å². The van der Waals surface area contributed by atoms with Gasteiger partial charge in [-0.1, -0.05) is 19.3 Å². The SMILES string of the molecule is Cn1cnnc1-c1ccc(NC(=O)[C@@H](N)C2CCCCC2)cc1. The van der Waals surface area contributed by atoms with E-state index < -0.39 is 6.04 Å². The Hall–Kier alpha value is -2.21. The van der Waals surface area contributed by atoms with Gasteiger partial charge in [0.2, 0.25) is 5.91 Å². The Bertz CT molecular complexity index is 658. The van der Waals surface area contributed by atoms with E-state index in [1.165, 1.54) is 19.3 Å². The summed E-state index contributed by atoms with van der Waals surface area (Å²) >= 11 is 0. The maximum absolute atomic E-state index is 12.3. The van der Waals surface area contributed by atoms with Crippen LogP contribution in [0.4, 0.5) is 5.69 Å². The van der Waals surface area contributed by atoms with Gasteiger partial charge in [-0.3, -0.25) is 4.79 Å². The summed E-state index contributed by atoms with van der Waals surface area (Å²) in [6.45, 7) is 0. The first-order valence-corrected chi connectivity index (χ1v) is 8.16. The van der Waals surface area contributed by atoms with Crippen molar-refractivity contribution in [2.24, 2.45) is 18.7 Å². The number of carbonyl (C=O) groups is 1. The molecule has 1 saturated carbocycles. The highest BCUT2D eigenvalue weighted by Crippen LogP contribution is 2.26. The second-order valence-corrected chi connectivity index (χ2v) is 6.26. The van der Waals surface area contributed by atoms with E-state index >= 15 is 0 Å². The summed E-state index contributed by atoms with van der Waals surface area (Å²) in [5.41, 5.74) is 7.85. The highest BCUT2D eigenvalue weighted by Gasteiger charge is 2.26. The fourth-order valence-corrected chi connectivity index (χ4v) is 3.18. The fraction of sp³-hybridized carbons (Fsp3) is 0.471. The normalized spacial score (nSPS) is 17.0. The molecule has 0 saturated heterocycles. The first-order chi connectivity index (χ1) is 11.1. The monoisotopic (exact) mass is 313 g/mol. The molecule has 1 aliphatic carbocycles. The molecule has 0 aliphatic heterocycles. The fourth-order valence-electron chi connectivity index (χ4n) is 3.18. The number of nitrogens with two attached hydrogens (primary N) is 1. The van der Waals surface area contributed by atoms with Crippen LogP contribution in [0.25, 0.3) is 11.4 Å². The zero-order valence-electron chi connectivity index (χ0n) is 13.4. The molecule has 1 fully saturated rings. The molecule has 2 aromatic rings. The zero-order valence-corrected chi connectivity index (χ0v) is 13.4. The molecule has 6 nitrogen and oxygen atoms in total. The minimum atomic E-state index is -0.422. The van der Waals surface area contributed by atoms with Crippen molar-refractivity contribution in [1.82, 2.24) is 14.8 Å². The third-order valence-electron chi connectivity index (χ3n) is 4.58. The molecule has 1 heterocycles. The molecule has 0 spiro atoms. The maximum atomic E-state index is 12.3. The van der Waals surface area contributed by atoms with E-state index in [2.05, 4.69) is 15.5 Å². The number of aryl methyl sites for hydroxylation is 1. The maximum Gasteiger partial charge on any atom is 0.241 e. The number of carbonyl (C=O) groups excluding carboxylic acids is 1. The van der Waals surface area contributed by atoms with E-state index in [1.54, 1.807) is 6.33 Å². The van der Waals surface area contributed by atoms with Crippen molar-refractivity contribution in [3.63, 3.8) is 0 Å².